The van der Waals surface area contributed by atoms with Gasteiger partial charge in [-0.25, -0.2) is 19.6 Å². The first-order valence-corrected chi connectivity index (χ1v) is 11.9. The van der Waals surface area contributed by atoms with Crippen LogP contribution in [0, 0.1) is 10.8 Å². The Hall–Kier alpha value is -2.92. The molecule has 2 aromatic rings. The lowest BCUT2D eigenvalue weighted by molar-refractivity contribution is -0.311. The molecule has 2 aromatic heterocycles. The minimum absolute atomic E-state index is 0.0114. The van der Waals surface area contributed by atoms with Crippen LogP contribution in [-0.4, -0.2) is 61.5 Å². The largest absolute Gasteiger partial charge is 0.460 e. The number of rotatable bonds is 0. The molecule has 5 aliphatic heterocycles. The van der Waals surface area contributed by atoms with Gasteiger partial charge in [-0.2, -0.15) is 0 Å². The Morgan fingerprint density at radius 2 is 0.972 bits per heavy atom. The zero-order chi connectivity index (χ0) is 25.6. The van der Waals surface area contributed by atoms with Gasteiger partial charge in [-0.1, -0.05) is 26.0 Å². The monoisotopic (exact) mass is 498 g/mol. The molecule has 0 saturated carbocycles. The molecule has 8 bridgehead atoms. The van der Waals surface area contributed by atoms with E-state index in [4.69, 9.17) is 33.4 Å². The third kappa shape index (κ3) is 4.73. The van der Waals surface area contributed by atoms with E-state index in [9.17, 15) is 9.59 Å². The van der Waals surface area contributed by atoms with E-state index in [0.29, 0.717) is 11.4 Å². The van der Waals surface area contributed by atoms with E-state index in [1.165, 1.54) is 12.1 Å². The lowest BCUT2D eigenvalue weighted by atomic mass is 9.92. The van der Waals surface area contributed by atoms with Crippen LogP contribution in [0.1, 0.15) is 60.1 Å². The van der Waals surface area contributed by atoms with E-state index < -0.39 is 34.3 Å². The predicted molar refractivity (Wildman–Crippen MR) is 124 cm³/mol. The molecule has 10 heteroatoms. The van der Waals surface area contributed by atoms with Crippen molar-refractivity contribution in [2.24, 2.45) is 10.8 Å². The van der Waals surface area contributed by atoms with Crippen LogP contribution in [0.3, 0.4) is 0 Å². The zero-order valence-electron chi connectivity index (χ0n) is 20.9. The molecular formula is C26H30N2O8. The SMILES string of the molecule is CC12COC(=O)c3cccc(n3)C(=O)OCC3(C)COC(C)(OC3)c3cccc(n3)C(C)(OC1)OC2. The molecule has 7 rings (SSSR count). The lowest BCUT2D eigenvalue weighted by Gasteiger charge is -2.44. The van der Waals surface area contributed by atoms with E-state index in [0.717, 1.165) is 0 Å². The van der Waals surface area contributed by atoms with Crippen LogP contribution in [0.4, 0.5) is 0 Å². The summed E-state index contributed by atoms with van der Waals surface area (Å²) in [5.41, 5.74) is -0.00309. The highest BCUT2D eigenvalue weighted by Crippen LogP contribution is 2.39. The van der Waals surface area contributed by atoms with E-state index in [-0.39, 0.29) is 51.0 Å². The minimum Gasteiger partial charge on any atom is -0.460 e. The van der Waals surface area contributed by atoms with Crippen molar-refractivity contribution in [2.45, 2.75) is 39.3 Å². The number of fused-ring (bicyclic) bond motifs is 2. The molecule has 5 aliphatic rings. The molecule has 192 valence electrons. The third-order valence-electron chi connectivity index (χ3n) is 6.73. The summed E-state index contributed by atoms with van der Waals surface area (Å²) in [5, 5.41) is 0. The number of hydrogen-bond acceptors (Lipinski definition) is 10. The summed E-state index contributed by atoms with van der Waals surface area (Å²) in [6.45, 7) is 8.59. The van der Waals surface area contributed by atoms with Gasteiger partial charge < -0.3 is 28.4 Å². The number of ether oxygens (including phenoxy) is 6. The number of carbonyl (C=O) groups excluding carboxylic acids is 2. The number of hydrogen-bond donors (Lipinski definition) is 0. The van der Waals surface area contributed by atoms with Crippen LogP contribution in [-0.2, 0) is 40.0 Å². The molecule has 7 heterocycles. The third-order valence-corrected chi connectivity index (χ3v) is 6.73. The molecule has 0 radical (unpaired) electrons. The topological polar surface area (TPSA) is 115 Å². The van der Waals surface area contributed by atoms with Crippen molar-refractivity contribution in [2.75, 3.05) is 39.6 Å². The molecule has 10 nitrogen and oxygen atoms in total. The van der Waals surface area contributed by atoms with Crippen LogP contribution in [0.25, 0.3) is 0 Å². The van der Waals surface area contributed by atoms with Crippen LogP contribution in [0.15, 0.2) is 36.4 Å². The average molecular weight is 499 g/mol. The summed E-state index contributed by atoms with van der Waals surface area (Å²) >= 11 is 0. The summed E-state index contributed by atoms with van der Waals surface area (Å²) in [6.07, 6.45) is 0. The molecule has 0 atom stereocenters. The molecule has 0 amide bonds. The summed E-state index contributed by atoms with van der Waals surface area (Å²) in [4.78, 5) is 34.3. The maximum absolute atomic E-state index is 12.7. The summed E-state index contributed by atoms with van der Waals surface area (Å²) < 4.78 is 35.6. The minimum atomic E-state index is -1.09. The van der Waals surface area contributed by atoms with Gasteiger partial charge in [0.1, 0.15) is 24.6 Å². The van der Waals surface area contributed by atoms with Gasteiger partial charge in [-0.15, -0.1) is 0 Å². The number of nitrogens with zero attached hydrogens (tertiary/aromatic N) is 2. The van der Waals surface area contributed by atoms with Gasteiger partial charge in [-0.3, -0.25) is 0 Å². The first-order chi connectivity index (χ1) is 17.0. The van der Waals surface area contributed by atoms with Crippen molar-refractivity contribution < 1.29 is 38.0 Å². The number of pyridine rings is 2. The second-order valence-electron chi connectivity index (χ2n) is 10.6. The first kappa shape index (κ1) is 24.8. The Morgan fingerprint density at radius 1 is 0.583 bits per heavy atom. The first-order valence-electron chi connectivity index (χ1n) is 11.9. The fourth-order valence-electron chi connectivity index (χ4n) is 4.11. The van der Waals surface area contributed by atoms with Crippen LogP contribution < -0.4 is 0 Å². The Bertz CT molecular complexity index is 1080. The second-order valence-corrected chi connectivity index (χ2v) is 10.6. The normalized spacial score (nSPS) is 35.1. The highest BCUT2D eigenvalue weighted by atomic mass is 16.7. The van der Waals surface area contributed by atoms with Crippen molar-refractivity contribution in [3.63, 3.8) is 0 Å². The standard InChI is InChI=1S/C26H30N2O8/c1-23-11-31-21(29)17-7-5-8-18(27-17)22(30)32-12-24(2)15-35-26(4,36-16-24)20-10-6-9-19(28-20)25(3,33-13-23)34-14-23/h5-10H,11-16H2,1-4H3. The Kier molecular flexibility index (Phi) is 6.11. The van der Waals surface area contributed by atoms with Crippen molar-refractivity contribution in [1.82, 2.24) is 9.97 Å². The van der Waals surface area contributed by atoms with Gasteiger partial charge >= 0.3 is 11.9 Å². The number of aromatic nitrogens is 2. The van der Waals surface area contributed by atoms with Crippen molar-refractivity contribution >= 4 is 11.9 Å². The Labute approximate surface area is 209 Å². The molecule has 36 heavy (non-hydrogen) atoms. The second kappa shape index (κ2) is 8.88. The molecule has 0 aromatic carbocycles. The Balaban J connectivity index is 1.47. The van der Waals surface area contributed by atoms with Crippen molar-refractivity contribution in [3.05, 3.63) is 59.2 Å². The predicted octanol–water partition coefficient (Wildman–Crippen LogP) is 2.96. The summed E-state index contributed by atoms with van der Waals surface area (Å²) in [7, 11) is 0. The van der Waals surface area contributed by atoms with E-state index in [2.05, 4.69) is 4.98 Å². The smallest absolute Gasteiger partial charge is 0.356 e. The maximum Gasteiger partial charge on any atom is 0.356 e. The molecule has 0 unspecified atom stereocenters. The molecular weight excluding hydrogens is 468 g/mol. The average Bonchev–Trinajstić information content (AvgIpc) is 2.90. The summed E-state index contributed by atoms with van der Waals surface area (Å²) in [6, 6.07) is 10.0. The molecule has 2 saturated heterocycles. The summed E-state index contributed by atoms with van der Waals surface area (Å²) in [5.74, 6) is -3.49. The molecule has 0 aliphatic carbocycles. The van der Waals surface area contributed by atoms with Gasteiger partial charge in [0.15, 0.2) is 0 Å². The van der Waals surface area contributed by atoms with E-state index in [1.54, 1.807) is 6.07 Å². The zero-order valence-corrected chi connectivity index (χ0v) is 20.9. The van der Waals surface area contributed by atoms with Gasteiger partial charge in [0.2, 0.25) is 11.6 Å². The van der Waals surface area contributed by atoms with Crippen LogP contribution in [0.5, 0.6) is 0 Å². The van der Waals surface area contributed by atoms with E-state index >= 15 is 0 Å². The van der Waals surface area contributed by atoms with Gasteiger partial charge in [0.25, 0.3) is 0 Å². The number of esters is 2. The quantitative estimate of drug-likeness (QED) is 0.502. The highest BCUT2D eigenvalue weighted by Gasteiger charge is 2.45. The maximum atomic E-state index is 12.7. The van der Waals surface area contributed by atoms with Crippen molar-refractivity contribution in [1.29, 1.82) is 0 Å². The lowest BCUT2D eigenvalue weighted by Crippen LogP contribution is -2.49. The van der Waals surface area contributed by atoms with E-state index in [1.807, 2.05) is 45.9 Å². The van der Waals surface area contributed by atoms with Gasteiger partial charge in [0.05, 0.1) is 37.8 Å². The highest BCUT2D eigenvalue weighted by molar-refractivity contribution is 5.91. The Morgan fingerprint density at radius 3 is 1.39 bits per heavy atom. The van der Waals surface area contributed by atoms with Crippen molar-refractivity contribution in [3.8, 4) is 0 Å². The fourth-order valence-corrected chi connectivity index (χ4v) is 4.11. The number of carbonyl (C=O) groups is 2. The molecule has 0 N–H and O–H groups in total. The fraction of sp³-hybridized carbons (Fsp3) is 0.538. The molecule has 0 spiro atoms. The molecule has 2 fully saturated rings. The van der Waals surface area contributed by atoms with Crippen LogP contribution in [0.2, 0.25) is 0 Å². The van der Waals surface area contributed by atoms with Crippen LogP contribution >= 0.6 is 0 Å². The van der Waals surface area contributed by atoms with Gasteiger partial charge in [-0.05, 0) is 38.1 Å². The van der Waals surface area contributed by atoms with Gasteiger partial charge in [0, 0.05) is 10.8 Å².